The molecule has 1 unspecified atom stereocenters. The van der Waals surface area contributed by atoms with Gasteiger partial charge in [-0.15, -0.1) is 13.2 Å². The lowest BCUT2D eigenvalue weighted by atomic mass is 10.1. The standard InChI is InChI=1S/C19H16F3N3O3S/c20-19(21,22)28-14-6-7-15-16(11-23)18(25-17(15)10-14)12-2-4-13(5-3-12)24-8-1-9-29(26)27/h2-7,10,24-25H,1,8-9H2,(H,26,27)/p-1. The smallest absolute Gasteiger partial charge is 0.573 e. The van der Waals surface area contributed by atoms with Crippen molar-refractivity contribution in [2.75, 3.05) is 17.6 Å². The summed E-state index contributed by atoms with van der Waals surface area (Å²) in [6.45, 7) is 0.491. The fourth-order valence-electron chi connectivity index (χ4n) is 2.88. The van der Waals surface area contributed by atoms with Crippen molar-refractivity contribution < 1.29 is 26.7 Å². The van der Waals surface area contributed by atoms with E-state index in [1.54, 1.807) is 24.3 Å². The molecule has 0 bridgehead atoms. The van der Waals surface area contributed by atoms with Gasteiger partial charge in [0.15, 0.2) is 0 Å². The number of hydrogen-bond acceptors (Lipinski definition) is 5. The lowest BCUT2D eigenvalue weighted by molar-refractivity contribution is -0.274. The Hall–Kier alpha value is -3.03. The highest BCUT2D eigenvalue weighted by Crippen LogP contribution is 2.33. The summed E-state index contributed by atoms with van der Waals surface area (Å²) in [4.78, 5) is 2.98. The van der Waals surface area contributed by atoms with E-state index in [4.69, 9.17) is 0 Å². The highest BCUT2D eigenvalue weighted by molar-refractivity contribution is 7.79. The molecule has 0 radical (unpaired) electrons. The minimum Gasteiger partial charge on any atom is -0.772 e. The number of alkyl halides is 3. The molecule has 2 aromatic carbocycles. The minimum absolute atomic E-state index is 0.0751. The average Bonchev–Trinajstić information content (AvgIpc) is 3.02. The number of nitrogens with zero attached hydrogens (tertiary/aromatic N) is 1. The Bertz CT molecular complexity index is 1070. The summed E-state index contributed by atoms with van der Waals surface area (Å²) in [6, 6.07) is 12.9. The number of halogens is 3. The monoisotopic (exact) mass is 422 g/mol. The molecule has 1 heterocycles. The zero-order chi connectivity index (χ0) is 21.0. The number of rotatable bonds is 7. The molecule has 1 aromatic heterocycles. The number of anilines is 1. The first-order chi connectivity index (χ1) is 13.8. The van der Waals surface area contributed by atoms with Gasteiger partial charge in [-0.25, -0.2) is 0 Å². The van der Waals surface area contributed by atoms with Gasteiger partial charge in [0.2, 0.25) is 0 Å². The fourth-order valence-corrected chi connectivity index (χ4v) is 3.26. The number of nitrogens with one attached hydrogen (secondary N) is 2. The van der Waals surface area contributed by atoms with Crippen molar-refractivity contribution in [2.24, 2.45) is 0 Å². The predicted molar refractivity (Wildman–Crippen MR) is 102 cm³/mol. The van der Waals surface area contributed by atoms with E-state index in [9.17, 15) is 27.2 Å². The Labute approximate surface area is 166 Å². The third-order valence-corrected chi connectivity index (χ3v) is 4.73. The molecule has 0 saturated carbocycles. The highest BCUT2D eigenvalue weighted by Gasteiger charge is 2.31. The number of aromatic amines is 1. The second kappa shape index (κ2) is 8.55. The second-order valence-corrected chi connectivity index (χ2v) is 7.12. The Balaban J connectivity index is 1.83. The number of fused-ring (bicyclic) bond motifs is 1. The van der Waals surface area contributed by atoms with Crippen molar-refractivity contribution >= 4 is 27.7 Å². The van der Waals surface area contributed by atoms with Gasteiger partial charge in [0.25, 0.3) is 0 Å². The van der Waals surface area contributed by atoms with E-state index < -0.39 is 17.4 Å². The van der Waals surface area contributed by atoms with Gasteiger partial charge in [0.1, 0.15) is 11.8 Å². The number of aromatic nitrogens is 1. The second-order valence-electron chi connectivity index (χ2n) is 6.11. The SMILES string of the molecule is N#Cc1c(-c2ccc(NCCCS(=O)[O-])cc2)[nH]c2cc(OC(F)(F)F)ccc12. The summed E-state index contributed by atoms with van der Waals surface area (Å²) in [5, 5.41) is 13.1. The molecular formula is C19H15F3N3O3S-. The largest absolute Gasteiger partial charge is 0.772 e. The molecule has 152 valence electrons. The molecule has 0 aliphatic rings. The summed E-state index contributed by atoms with van der Waals surface area (Å²) in [7, 11) is 0. The minimum atomic E-state index is -4.80. The van der Waals surface area contributed by atoms with Crippen molar-refractivity contribution in [2.45, 2.75) is 12.8 Å². The van der Waals surface area contributed by atoms with Crippen LogP contribution in [0, 0.1) is 11.3 Å². The van der Waals surface area contributed by atoms with Crippen LogP contribution in [-0.4, -0.2) is 32.4 Å². The number of benzene rings is 2. The van der Waals surface area contributed by atoms with Gasteiger partial charge in [-0.2, -0.15) is 5.26 Å². The summed E-state index contributed by atoms with van der Waals surface area (Å²) in [5.74, 6) is -0.299. The van der Waals surface area contributed by atoms with Crippen molar-refractivity contribution in [3.8, 4) is 23.1 Å². The van der Waals surface area contributed by atoms with Crippen LogP contribution in [0.15, 0.2) is 42.5 Å². The van der Waals surface area contributed by atoms with E-state index in [1.165, 1.54) is 12.1 Å². The first-order valence-electron chi connectivity index (χ1n) is 8.48. The van der Waals surface area contributed by atoms with E-state index in [0.29, 0.717) is 40.7 Å². The molecule has 0 spiro atoms. The lowest BCUT2D eigenvalue weighted by Crippen LogP contribution is -2.16. The van der Waals surface area contributed by atoms with E-state index in [1.807, 2.05) is 0 Å². The van der Waals surface area contributed by atoms with Gasteiger partial charge in [0, 0.05) is 29.4 Å². The van der Waals surface area contributed by atoms with Crippen LogP contribution in [0.2, 0.25) is 0 Å². The topological polar surface area (TPSA) is 101 Å². The van der Waals surface area contributed by atoms with Gasteiger partial charge in [-0.05, 0) is 36.2 Å². The van der Waals surface area contributed by atoms with Gasteiger partial charge < -0.3 is 19.6 Å². The molecule has 2 N–H and O–H groups in total. The maximum atomic E-state index is 12.4. The van der Waals surface area contributed by atoms with Crippen LogP contribution in [0.5, 0.6) is 5.75 Å². The molecule has 0 aliphatic carbocycles. The molecule has 29 heavy (non-hydrogen) atoms. The zero-order valence-corrected chi connectivity index (χ0v) is 15.7. The average molecular weight is 422 g/mol. The van der Waals surface area contributed by atoms with Crippen LogP contribution < -0.4 is 10.1 Å². The summed E-state index contributed by atoms with van der Waals surface area (Å²) >= 11 is -2.07. The van der Waals surface area contributed by atoms with Gasteiger partial charge in [-0.1, -0.05) is 23.2 Å². The first-order valence-corrected chi connectivity index (χ1v) is 9.73. The highest BCUT2D eigenvalue weighted by atomic mass is 32.2. The lowest BCUT2D eigenvalue weighted by Gasteiger charge is -2.08. The quantitative estimate of drug-likeness (QED) is 0.437. The predicted octanol–water partition coefficient (Wildman–Crippen LogP) is 4.29. The third-order valence-electron chi connectivity index (χ3n) is 4.11. The van der Waals surface area contributed by atoms with Crippen molar-refractivity contribution in [1.82, 2.24) is 4.98 Å². The van der Waals surface area contributed by atoms with Crippen molar-refractivity contribution in [1.29, 1.82) is 5.26 Å². The summed E-state index contributed by atoms with van der Waals surface area (Å²) in [6.07, 6.45) is -4.33. The van der Waals surface area contributed by atoms with Crippen LogP contribution in [0.4, 0.5) is 18.9 Å². The van der Waals surface area contributed by atoms with Crippen LogP contribution in [0.1, 0.15) is 12.0 Å². The van der Waals surface area contributed by atoms with Crippen LogP contribution in [0.25, 0.3) is 22.2 Å². The van der Waals surface area contributed by atoms with Crippen LogP contribution in [0.3, 0.4) is 0 Å². The summed E-state index contributed by atoms with van der Waals surface area (Å²) < 4.78 is 62.2. The number of nitriles is 1. The zero-order valence-electron chi connectivity index (χ0n) is 14.9. The first kappa shape index (κ1) is 20.7. The normalized spacial score (nSPS) is 12.5. The molecule has 3 rings (SSSR count). The van der Waals surface area contributed by atoms with E-state index in [0.717, 1.165) is 11.8 Å². The molecule has 0 aliphatic heterocycles. The molecule has 3 aromatic rings. The number of ether oxygens (including phenoxy) is 1. The molecule has 0 amide bonds. The molecule has 0 saturated heterocycles. The van der Waals surface area contributed by atoms with Crippen molar-refractivity contribution in [3.05, 3.63) is 48.0 Å². The van der Waals surface area contributed by atoms with Crippen molar-refractivity contribution in [3.63, 3.8) is 0 Å². The summed E-state index contributed by atoms with van der Waals surface area (Å²) in [5.41, 5.74) is 2.62. The fraction of sp³-hybridized carbons (Fsp3) is 0.211. The Morgan fingerprint density at radius 2 is 1.93 bits per heavy atom. The molecular weight excluding hydrogens is 407 g/mol. The van der Waals surface area contributed by atoms with Gasteiger partial charge in [0.05, 0.1) is 16.8 Å². The van der Waals surface area contributed by atoms with Crippen LogP contribution in [-0.2, 0) is 11.1 Å². The maximum absolute atomic E-state index is 12.4. The Kier molecular flexibility index (Phi) is 6.10. The van der Waals surface area contributed by atoms with E-state index in [-0.39, 0.29) is 11.5 Å². The molecule has 10 heteroatoms. The van der Waals surface area contributed by atoms with E-state index >= 15 is 0 Å². The molecule has 6 nitrogen and oxygen atoms in total. The Morgan fingerprint density at radius 1 is 1.21 bits per heavy atom. The number of H-pyrrole nitrogens is 1. The van der Waals surface area contributed by atoms with Gasteiger partial charge in [-0.3, -0.25) is 4.21 Å². The van der Waals surface area contributed by atoms with Gasteiger partial charge >= 0.3 is 6.36 Å². The van der Waals surface area contributed by atoms with Crippen LogP contribution >= 0.6 is 0 Å². The van der Waals surface area contributed by atoms with E-state index in [2.05, 4.69) is 21.1 Å². The third kappa shape index (κ3) is 5.28. The molecule has 0 fully saturated rings. The number of hydrogen-bond donors (Lipinski definition) is 2. The maximum Gasteiger partial charge on any atom is 0.573 e. The Morgan fingerprint density at radius 3 is 2.55 bits per heavy atom. The molecule has 1 atom stereocenters.